The van der Waals surface area contributed by atoms with E-state index in [0.29, 0.717) is 22.6 Å². The maximum atomic E-state index is 14.3. The molecule has 0 saturated heterocycles. The van der Waals surface area contributed by atoms with E-state index in [0.717, 1.165) is 0 Å². The molecule has 0 bridgehead atoms. The Morgan fingerprint density at radius 2 is 0.933 bits per heavy atom. The smallest absolute Gasteiger partial charge is 0.204 e. The van der Waals surface area contributed by atoms with Crippen LogP contribution in [0.15, 0.2) is 119 Å². The molecule has 0 N–H and O–H groups in total. The summed E-state index contributed by atoms with van der Waals surface area (Å²) in [7, 11) is 1.48. The van der Waals surface area contributed by atoms with Gasteiger partial charge >= 0.3 is 0 Å². The number of nitriles is 2. The third-order valence-corrected chi connectivity index (χ3v) is 8.59. The minimum absolute atomic E-state index is 0.0591. The zero-order chi connectivity index (χ0) is 31.4. The Morgan fingerprint density at radius 3 is 1.36 bits per heavy atom. The normalized spacial score (nSPS) is 18.7. The molecule has 3 aliphatic rings. The van der Waals surface area contributed by atoms with Gasteiger partial charge in [0, 0.05) is 33.4 Å². The number of ether oxygens (including phenoxy) is 1. The Morgan fingerprint density at radius 1 is 0.556 bits per heavy atom. The number of Topliss-reactive ketones (excluding diaryl/α,β-unsaturated/α-hetero) is 4. The largest absolute Gasteiger partial charge is 0.495 e. The van der Waals surface area contributed by atoms with Crippen LogP contribution in [0, 0.1) is 22.7 Å². The molecular weight excluding hydrogens is 566 g/mol. The molecular formula is C37H21N3O5. The van der Waals surface area contributed by atoms with Crippen molar-refractivity contribution in [2.24, 2.45) is 0 Å². The van der Waals surface area contributed by atoms with E-state index < -0.39 is 35.2 Å². The van der Waals surface area contributed by atoms with Crippen LogP contribution in [0.2, 0.25) is 0 Å². The number of ketones is 4. The van der Waals surface area contributed by atoms with Crippen LogP contribution >= 0.6 is 0 Å². The zero-order valence-corrected chi connectivity index (χ0v) is 23.8. The van der Waals surface area contributed by atoms with Crippen molar-refractivity contribution in [3.63, 3.8) is 0 Å². The van der Waals surface area contributed by atoms with Gasteiger partial charge in [-0.1, -0.05) is 84.9 Å². The lowest BCUT2D eigenvalue weighted by Crippen LogP contribution is -2.37. The summed E-state index contributed by atoms with van der Waals surface area (Å²) < 4.78 is 5.74. The summed E-state index contributed by atoms with van der Waals surface area (Å²) in [6.45, 7) is 0. The molecule has 0 fully saturated rings. The minimum Gasteiger partial charge on any atom is -0.495 e. The van der Waals surface area contributed by atoms with Gasteiger partial charge < -0.3 is 9.64 Å². The number of para-hydroxylation sites is 2. The van der Waals surface area contributed by atoms with Crippen LogP contribution in [0.4, 0.5) is 5.69 Å². The van der Waals surface area contributed by atoms with Crippen molar-refractivity contribution in [2.45, 2.75) is 12.1 Å². The lowest BCUT2D eigenvalue weighted by molar-refractivity contribution is 0.0969. The highest BCUT2D eigenvalue weighted by molar-refractivity contribution is 6.30. The molecule has 214 valence electrons. The summed E-state index contributed by atoms with van der Waals surface area (Å²) in [5, 5.41) is 20.7. The predicted molar refractivity (Wildman–Crippen MR) is 163 cm³/mol. The molecule has 8 heteroatoms. The summed E-state index contributed by atoms with van der Waals surface area (Å²) in [6, 6.07) is 28.5. The molecule has 4 aromatic rings. The number of fused-ring (bicyclic) bond motifs is 3. The minimum atomic E-state index is -1.06. The van der Waals surface area contributed by atoms with Crippen molar-refractivity contribution in [3.05, 3.63) is 153 Å². The van der Waals surface area contributed by atoms with Crippen molar-refractivity contribution in [1.29, 1.82) is 10.5 Å². The number of carbonyl (C=O) groups excluding carboxylic acids is 4. The molecule has 0 amide bonds. The fourth-order valence-electron chi connectivity index (χ4n) is 6.70. The first-order valence-corrected chi connectivity index (χ1v) is 14.1. The van der Waals surface area contributed by atoms with E-state index in [-0.39, 0.29) is 44.5 Å². The molecule has 0 aromatic heterocycles. The Kier molecular flexibility index (Phi) is 6.35. The van der Waals surface area contributed by atoms with Gasteiger partial charge in [-0.3, -0.25) is 19.2 Å². The van der Waals surface area contributed by atoms with Crippen molar-refractivity contribution in [3.8, 4) is 17.9 Å². The molecule has 7 rings (SSSR count). The average Bonchev–Trinajstić information content (AvgIpc) is 3.41. The second-order valence-electron chi connectivity index (χ2n) is 10.7. The van der Waals surface area contributed by atoms with Crippen LogP contribution in [-0.4, -0.2) is 30.2 Å². The van der Waals surface area contributed by atoms with Crippen LogP contribution in [0.25, 0.3) is 0 Å². The van der Waals surface area contributed by atoms with Crippen molar-refractivity contribution >= 4 is 28.8 Å². The number of hydrogen-bond donors (Lipinski definition) is 0. The molecule has 4 aromatic carbocycles. The van der Waals surface area contributed by atoms with Gasteiger partial charge in [0.1, 0.15) is 29.0 Å². The SMILES string of the molecule is COc1ccccc1N1C(C2=C(C#N)C(=O)c3ccccc3C2=O)c2ccccc2C1C1=C(C#N)C(=O)c2ccccc2C1=O. The summed E-state index contributed by atoms with van der Waals surface area (Å²) in [4.78, 5) is 57.9. The average molecular weight is 588 g/mol. The van der Waals surface area contributed by atoms with Gasteiger partial charge in [-0.25, -0.2) is 0 Å². The van der Waals surface area contributed by atoms with Crippen molar-refractivity contribution < 1.29 is 23.9 Å². The number of benzene rings is 4. The molecule has 45 heavy (non-hydrogen) atoms. The van der Waals surface area contributed by atoms with E-state index in [1.165, 1.54) is 19.2 Å². The van der Waals surface area contributed by atoms with E-state index >= 15 is 0 Å². The lowest BCUT2D eigenvalue weighted by Gasteiger charge is -2.37. The molecule has 8 nitrogen and oxygen atoms in total. The molecule has 0 radical (unpaired) electrons. The second-order valence-corrected chi connectivity index (χ2v) is 10.7. The molecule has 2 aliphatic carbocycles. The first kappa shape index (κ1) is 27.5. The number of anilines is 1. The van der Waals surface area contributed by atoms with Gasteiger partial charge in [-0.15, -0.1) is 0 Å². The van der Waals surface area contributed by atoms with Crippen molar-refractivity contribution in [2.75, 3.05) is 12.0 Å². The van der Waals surface area contributed by atoms with Gasteiger partial charge in [-0.05, 0) is 23.3 Å². The Labute approximate surface area is 257 Å². The maximum Gasteiger partial charge on any atom is 0.204 e. The summed E-state index contributed by atoms with van der Waals surface area (Å²) >= 11 is 0. The van der Waals surface area contributed by atoms with Gasteiger partial charge in [0.15, 0.2) is 11.6 Å². The van der Waals surface area contributed by atoms with Crippen LogP contribution < -0.4 is 9.64 Å². The van der Waals surface area contributed by atoms with Crippen LogP contribution in [0.1, 0.15) is 64.6 Å². The van der Waals surface area contributed by atoms with E-state index in [9.17, 15) is 29.7 Å². The predicted octanol–water partition coefficient (Wildman–Crippen LogP) is 6.10. The number of nitrogens with zero attached hydrogens (tertiary/aromatic N) is 3. The highest BCUT2D eigenvalue weighted by atomic mass is 16.5. The van der Waals surface area contributed by atoms with Crippen molar-refractivity contribution in [1.82, 2.24) is 0 Å². The summed E-state index contributed by atoms with van der Waals surface area (Å²) in [5.74, 6) is -1.80. The third-order valence-electron chi connectivity index (χ3n) is 8.59. The van der Waals surface area contributed by atoms with Crippen LogP contribution in [-0.2, 0) is 0 Å². The summed E-state index contributed by atoms with van der Waals surface area (Å²) in [6.07, 6.45) is 0. The molecule has 1 aliphatic heterocycles. The fourth-order valence-corrected chi connectivity index (χ4v) is 6.70. The first-order chi connectivity index (χ1) is 21.9. The highest BCUT2D eigenvalue weighted by Crippen LogP contribution is 2.55. The third kappa shape index (κ3) is 3.83. The van der Waals surface area contributed by atoms with E-state index in [4.69, 9.17) is 4.74 Å². The number of rotatable bonds is 4. The molecule has 2 unspecified atom stereocenters. The number of allylic oxidation sites excluding steroid dienone is 2. The Balaban J connectivity index is 1.58. The van der Waals surface area contributed by atoms with Crippen LogP contribution in [0.5, 0.6) is 5.75 Å². The van der Waals surface area contributed by atoms with Gasteiger partial charge in [-0.2, -0.15) is 10.5 Å². The molecule has 2 atom stereocenters. The summed E-state index contributed by atoms with van der Waals surface area (Å²) in [5.41, 5.74) is 1.35. The Bertz CT molecular complexity index is 2050. The monoisotopic (exact) mass is 587 g/mol. The number of hydrogen-bond acceptors (Lipinski definition) is 8. The van der Waals surface area contributed by atoms with E-state index in [1.807, 2.05) is 12.1 Å². The number of methoxy groups -OCH3 is 1. The van der Waals surface area contributed by atoms with Gasteiger partial charge in [0.05, 0.1) is 24.9 Å². The van der Waals surface area contributed by atoms with E-state index in [2.05, 4.69) is 0 Å². The van der Waals surface area contributed by atoms with E-state index in [1.54, 1.807) is 89.8 Å². The van der Waals surface area contributed by atoms with Crippen LogP contribution in [0.3, 0.4) is 0 Å². The maximum absolute atomic E-state index is 14.3. The Hall–Kier alpha value is -6.38. The highest BCUT2D eigenvalue weighted by Gasteiger charge is 2.51. The standard InChI is InChI=1S/C37H21N3O5/c1-45-29-17-9-8-16-28(29)40-32(30-26(18-38)34(41)22-12-4-6-14-24(22)36(30)43)20-10-2-3-11-21(20)33(40)31-27(19-39)35(42)23-13-5-7-15-25(23)37(31)44/h2-17,32-33H,1H3. The van der Waals surface area contributed by atoms with Gasteiger partial charge in [0.25, 0.3) is 0 Å². The second kappa shape index (κ2) is 10.4. The quantitative estimate of drug-likeness (QED) is 0.280. The number of carbonyl (C=O) groups is 4. The zero-order valence-electron chi connectivity index (χ0n) is 23.8. The fraction of sp³-hybridized carbons (Fsp3) is 0.0811. The molecule has 0 spiro atoms. The molecule has 1 heterocycles. The lowest BCUT2D eigenvalue weighted by atomic mass is 9.79. The topological polar surface area (TPSA) is 128 Å². The van der Waals surface area contributed by atoms with Gasteiger partial charge in [0.2, 0.25) is 11.6 Å². The molecule has 0 saturated carbocycles. The first-order valence-electron chi connectivity index (χ1n) is 14.1.